The van der Waals surface area contributed by atoms with E-state index in [9.17, 15) is 0 Å². The molecule has 0 aliphatic heterocycles. The van der Waals surface area contributed by atoms with E-state index in [1.807, 2.05) is 18.5 Å². The number of fused-ring (bicyclic) bond motifs is 3. The number of benzene rings is 3. The van der Waals surface area contributed by atoms with Crippen LogP contribution in [0.2, 0.25) is 0 Å². The largest absolute Gasteiger partial charge is 0.294 e. The molecule has 0 amide bonds. The van der Waals surface area contributed by atoms with Crippen molar-refractivity contribution in [2.75, 3.05) is 0 Å². The quantitative estimate of drug-likeness (QED) is 0.269. The lowest BCUT2D eigenvalue weighted by atomic mass is 10.0. The van der Waals surface area contributed by atoms with Crippen molar-refractivity contribution in [2.45, 2.75) is 23.8 Å². The molecule has 6 rings (SSSR count). The van der Waals surface area contributed by atoms with Crippen molar-refractivity contribution in [2.24, 2.45) is 0 Å². The summed E-state index contributed by atoms with van der Waals surface area (Å²) in [6.07, 6.45) is 3.80. The summed E-state index contributed by atoms with van der Waals surface area (Å²) in [6, 6.07) is 32.3. The Bertz CT molecular complexity index is 1650. The molecule has 0 bridgehead atoms. The Hall–Kier alpha value is -3.89. The van der Waals surface area contributed by atoms with Crippen molar-refractivity contribution in [3.05, 3.63) is 115 Å². The second-order valence-corrected chi connectivity index (χ2v) is 9.67. The van der Waals surface area contributed by atoms with Gasteiger partial charge in [0.15, 0.2) is 0 Å². The molecule has 0 unspecified atom stereocenters. The van der Waals surface area contributed by atoms with Crippen LogP contribution in [0.15, 0.2) is 113 Å². The number of para-hydroxylation sites is 1. The molecule has 0 atom stereocenters. The van der Waals surface area contributed by atoms with Gasteiger partial charge in [0.2, 0.25) is 0 Å². The summed E-state index contributed by atoms with van der Waals surface area (Å²) >= 11 is 1.69. The minimum atomic E-state index is 0.943. The Morgan fingerprint density at radius 3 is 2.35 bits per heavy atom. The van der Waals surface area contributed by atoms with Crippen molar-refractivity contribution < 1.29 is 0 Å². The number of rotatable bonds is 4. The van der Waals surface area contributed by atoms with E-state index in [0.29, 0.717) is 0 Å². The minimum Gasteiger partial charge on any atom is -0.294 e. The summed E-state index contributed by atoms with van der Waals surface area (Å²) in [7, 11) is 0. The molecule has 34 heavy (non-hydrogen) atoms. The zero-order chi connectivity index (χ0) is 23.1. The fourth-order valence-electron chi connectivity index (χ4n) is 4.41. The Balaban J connectivity index is 1.48. The van der Waals surface area contributed by atoms with Crippen molar-refractivity contribution in [1.82, 2.24) is 14.5 Å². The Morgan fingerprint density at radius 2 is 1.50 bits per heavy atom. The molecular weight excluding hydrogens is 434 g/mol. The fraction of sp³-hybridized carbons (Fsp3) is 0.0667. The number of hydrogen-bond donors (Lipinski definition) is 0. The Labute approximate surface area is 203 Å². The highest BCUT2D eigenvalue weighted by Crippen LogP contribution is 2.36. The monoisotopic (exact) mass is 457 g/mol. The van der Waals surface area contributed by atoms with Gasteiger partial charge in [-0.3, -0.25) is 4.57 Å². The summed E-state index contributed by atoms with van der Waals surface area (Å²) in [5.41, 5.74) is 7.07. The SMILES string of the molecule is Cc1ccc(Sc2cccc(-c3ccc4c5ccccc5n(-c5cc(C)ccn5)c4c3)c2)nc1. The van der Waals surface area contributed by atoms with E-state index in [4.69, 9.17) is 4.98 Å². The number of nitrogens with zero attached hydrogens (tertiary/aromatic N) is 3. The van der Waals surface area contributed by atoms with Crippen molar-refractivity contribution in [3.8, 4) is 16.9 Å². The van der Waals surface area contributed by atoms with Gasteiger partial charge in [0, 0.05) is 28.1 Å². The molecule has 0 N–H and O–H groups in total. The second kappa shape index (κ2) is 8.47. The highest BCUT2D eigenvalue weighted by molar-refractivity contribution is 7.99. The summed E-state index contributed by atoms with van der Waals surface area (Å²) < 4.78 is 2.27. The minimum absolute atomic E-state index is 0.943. The number of aryl methyl sites for hydroxylation is 2. The molecule has 3 aromatic heterocycles. The van der Waals surface area contributed by atoms with E-state index in [2.05, 4.69) is 108 Å². The Kier molecular flexibility index (Phi) is 5.16. The van der Waals surface area contributed by atoms with Crippen molar-refractivity contribution in [3.63, 3.8) is 0 Å². The molecule has 0 spiro atoms. The van der Waals surface area contributed by atoms with Crippen molar-refractivity contribution in [1.29, 1.82) is 0 Å². The maximum Gasteiger partial charge on any atom is 0.137 e. The van der Waals surface area contributed by atoms with Gasteiger partial charge in [-0.2, -0.15) is 0 Å². The normalized spacial score (nSPS) is 11.4. The maximum absolute atomic E-state index is 4.70. The highest BCUT2D eigenvalue weighted by Gasteiger charge is 2.14. The van der Waals surface area contributed by atoms with Gasteiger partial charge in [0.05, 0.1) is 11.0 Å². The summed E-state index contributed by atoms with van der Waals surface area (Å²) in [5, 5.41) is 3.47. The third-order valence-electron chi connectivity index (χ3n) is 6.08. The second-order valence-electron chi connectivity index (χ2n) is 8.58. The van der Waals surface area contributed by atoms with Crippen LogP contribution < -0.4 is 0 Å². The van der Waals surface area contributed by atoms with E-state index in [0.717, 1.165) is 16.4 Å². The van der Waals surface area contributed by atoms with Crippen LogP contribution >= 0.6 is 11.8 Å². The third kappa shape index (κ3) is 3.76. The first-order valence-corrected chi connectivity index (χ1v) is 12.1. The first kappa shape index (κ1) is 20.7. The van der Waals surface area contributed by atoms with Crippen LogP contribution in [-0.4, -0.2) is 14.5 Å². The molecule has 6 aromatic rings. The molecule has 3 heterocycles. The van der Waals surface area contributed by atoms with Crippen LogP contribution in [0.5, 0.6) is 0 Å². The predicted octanol–water partition coefficient (Wildman–Crippen LogP) is 8.01. The van der Waals surface area contributed by atoms with Gasteiger partial charge in [-0.05, 0) is 78.6 Å². The lowest BCUT2D eigenvalue weighted by Gasteiger charge is -2.09. The number of aromatic nitrogens is 3. The lowest BCUT2D eigenvalue weighted by molar-refractivity contribution is 1.07. The van der Waals surface area contributed by atoms with Gasteiger partial charge in [-0.1, -0.05) is 60.3 Å². The molecule has 0 fully saturated rings. The van der Waals surface area contributed by atoms with Crippen LogP contribution in [0.4, 0.5) is 0 Å². The third-order valence-corrected chi connectivity index (χ3v) is 7.02. The van der Waals surface area contributed by atoms with Crippen LogP contribution in [0.3, 0.4) is 0 Å². The van der Waals surface area contributed by atoms with Crippen molar-refractivity contribution >= 4 is 33.6 Å². The topological polar surface area (TPSA) is 30.7 Å². The van der Waals surface area contributed by atoms with Crippen LogP contribution in [-0.2, 0) is 0 Å². The van der Waals surface area contributed by atoms with E-state index < -0.39 is 0 Å². The first-order chi connectivity index (χ1) is 16.7. The molecule has 164 valence electrons. The molecule has 3 aromatic carbocycles. The maximum atomic E-state index is 4.70. The van der Waals surface area contributed by atoms with Gasteiger partial charge >= 0.3 is 0 Å². The smallest absolute Gasteiger partial charge is 0.137 e. The average Bonchev–Trinajstić information content (AvgIpc) is 3.19. The molecule has 0 saturated heterocycles. The van der Waals surface area contributed by atoms with Gasteiger partial charge in [-0.25, -0.2) is 9.97 Å². The van der Waals surface area contributed by atoms with Crippen LogP contribution in [0, 0.1) is 13.8 Å². The molecule has 0 aliphatic carbocycles. The van der Waals surface area contributed by atoms with E-state index in [1.165, 1.54) is 43.4 Å². The lowest BCUT2D eigenvalue weighted by Crippen LogP contribution is -1.97. The van der Waals surface area contributed by atoms with E-state index in [-0.39, 0.29) is 0 Å². The van der Waals surface area contributed by atoms with E-state index >= 15 is 0 Å². The van der Waals surface area contributed by atoms with E-state index in [1.54, 1.807) is 11.8 Å². The summed E-state index contributed by atoms with van der Waals surface area (Å²) in [5.74, 6) is 0.943. The zero-order valence-corrected chi connectivity index (χ0v) is 19.9. The van der Waals surface area contributed by atoms with Gasteiger partial charge in [0.25, 0.3) is 0 Å². The number of pyridine rings is 2. The summed E-state index contributed by atoms with van der Waals surface area (Å²) in [6.45, 7) is 4.17. The van der Waals surface area contributed by atoms with Gasteiger partial charge in [0.1, 0.15) is 10.8 Å². The molecule has 3 nitrogen and oxygen atoms in total. The predicted molar refractivity (Wildman–Crippen MR) is 142 cm³/mol. The molecule has 0 radical (unpaired) electrons. The van der Waals surface area contributed by atoms with Crippen LogP contribution in [0.1, 0.15) is 11.1 Å². The van der Waals surface area contributed by atoms with Gasteiger partial charge < -0.3 is 0 Å². The molecule has 0 aliphatic rings. The molecular formula is C30H23N3S. The first-order valence-electron chi connectivity index (χ1n) is 11.3. The average molecular weight is 458 g/mol. The molecule has 4 heteroatoms. The molecule has 0 saturated carbocycles. The highest BCUT2D eigenvalue weighted by atomic mass is 32.2. The van der Waals surface area contributed by atoms with Crippen LogP contribution in [0.25, 0.3) is 38.8 Å². The fourth-order valence-corrected chi connectivity index (χ4v) is 5.23. The number of hydrogen-bond acceptors (Lipinski definition) is 3. The standard InChI is InChI=1S/C30H23N3S/c1-20-14-15-31-29(16-20)33-27-9-4-3-8-25(27)26-12-11-23(18-28(26)33)22-6-5-7-24(17-22)34-30-13-10-21(2)19-32-30/h3-19H,1-2H3. The zero-order valence-electron chi connectivity index (χ0n) is 19.1. The van der Waals surface area contributed by atoms with Gasteiger partial charge in [-0.15, -0.1) is 0 Å². The summed E-state index contributed by atoms with van der Waals surface area (Å²) in [4.78, 5) is 10.4. The Morgan fingerprint density at radius 1 is 0.647 bits per heavy atom.